The van der Waals surface area contributed by atoms with Crippen LogP contribution < -0.4 is 0 Å². The van der Waals surface area contributed by atoms with Gasteiger partial charge in [-0.15, -0.1) is 0 Å². The van der Waals surface area contributed by atoms with Crippen molar-refractivity contribution in [3.05, 3.63) is 0 Å². The van der Waals surface area contributed by atoms with Crippen molar-refractivity contribution >= 4 is 22.9 Å². The van der Waals surface area contributed by atoms with E-state index in [1.165, 1.54) is 13.8 Å². The van der Waals surface area contributed by atoms with Crippen molar-refractivity contribution in [1.82, 2.24) is 0 Å². The molecule has 11 heteroatoms. The molecule has 0 rings (SSSR count). The van der Waals surface area contributed by atoms with Gasteiger partial charge in [0.25, 0.3) is 0 Å². The molecule has 0 aromatic heterocycles. The molecule has 25 heavy (non-hydrogen) atoms. The van der Waals surface area contributed by atoms with E-state index in [0.29, 0.717) is 13.2 Å². The maximum Gasteiger partial charge on any atom is 0.466 e. The summed E-state index contributed by atoms with van der Waals surface area (Å²) >= 11 is -3.28. The van der Waals surface area contributed by atoms with E-state index < -0.39 is 47.9 Å². The molecule has 0 aliphatic carbocycles. The summed E-state index contributed by atoms with van der Waals surface area (Å²) in [6, 6.07) is 0. The maximum atomic E-state index is 12.3. The molecule has 0 aromatic rings. The third-order valence-electron chi connectivity index (χ3n) is 2.74. The van der Waals surface area contributed by atoms with Crippen molar-refractivity contribution in [1.29, 1.82) is 0 Å². The zero-order valence-corrected chi connectivity index (χ0v) is 18.4. The van der Waals surface area contributed by atoms with Gasteiger partial charge in [-0.25, -0.2) is 4.57 Å². The number of hydrogen-bond donors (Lipinski definition) is 3. The van der Waals surface area contributed by atoms with Gasteiger partial charge < -0.3 is 14.7 Å². The Labute approximate surface area is 157 Å². The molecule has 0 saturated carbocycles. The Bertz CT molecular complexity index is 431. The normalized spacial score (nSPS) is 10.9. The molecule has 0 aromatic carbocycles. The number of carbonyl (C=O) groups excluding carboxylic acids is 3. The molecule has 0 aliphatic heterocycles. The van der Waals surface area contributed by atoms with E-state index in [4.69, 9.17) is 24.9 Å². The molecule has 0 unspecified atom stereocenters. The molecule has 147 valence electrons. The van der Waals surface area contributed by atoms with Crippen LogP contribution in [0.15, 0.2) is 0 Å². The van der Waals surface area contributed by atoms with E-state index in [0.717, 1.165) is 25.7 Å². The number of hydrogen-bond acceptors (Lipinski definition) is 6. The van der Waals surface area contributed by atoms with Gasteiger partial charge in [0.15, 0.2) is 0 Å². The van der Waals surface area contributed by atoms with Crippen molar-refractivity contribution in [3.8, 4) is 0 Å². The number of Topliss-reactive ketones (excluding diaryl/α,β-unsaturated/α-hetero) is 2. The van der Waals surface area contributed by atoms with Crippen LogP contribution >= 0.6 is 7.82 Å². The van der Waals surface area contributed by atoms with E-state index in [2.05, 4.69) is 0 Å². The molecular weight excluding hydrogens is 434 g/mol. The number of ketones is 2. The SMILES string of the molecule is CCCC[O][Zr]([O]CCCC)[C](=O)C(C(C)=O)C(C)=O.O=P(O)(O)O. The first-order valence-electron chi connectivity index (χ1n) is 7.91. The summed E-state index contributed by atoms with van der Waals surface area (Å²) in [6.07, 6.45) is 3.61. The topological polar surface area (TPSA) is 147 Å². The Morgan fingerprint density at radius 3 is 1.48 bits per heavy atom. The molecule has 0 saturated heterocycles. The molecular formula is C14H28O9PZr. The Morgan fingerprint density at radius 1 is 0.920 bits per heavy atom. The average molecular weight is 463 g/mol. The fourth-order valence-electron chi connectivity index (χ4n) is 1.58. The van der Waals surface area contributed by atoms with E-state index >= 15 is 0 Å². The largest absolute Gasteiger partial charge is 0.466 e. The first-order chi connectivity index (χ1) is 11.5. The quantitative estimate of drug-likeness (QED) is 0.223. The molecule has 0 bridgehead atoms. The van der Waals surface area contributed by atoms with Crippen LogP contribution in [0.3, 0.4) is 0 Å². The van der Waals surface area contributed by atoms with Crippen LogP contribution in [-0.4, -0.2) is 43.0 Å². The summed E-state index contributed by atoms with van der Waals surface area (Å²) < 4.78 is 19.7. The first-order valence-corrected chi connectivity index (χ1v) is 12.7. The van der Waals surface area contributed by atoms with E-state index in [9.17, 15) is 14.4 Å². The van der Waals surface area contributed by atoms with Gasteiger partial charge in [0.2, 0.25) is 0 Å². The summed E-state index contributed by atoms with van der Waals surface area (Å²) in [5, 5.41) is 0. The van der Waals surface area contributed by atoms with Crippen molar-refractivity contribution < 1.29 is 61.9 Å². The Kier molecular flexibility index (Phi) is 16.3. The minimum atomic E-state index is -4.64. The molecule has 0 radical (unpaired) electrons. The Hall–Kier alpha value is -0.0769. The zero-order chi connectivity index (χ0) is 20.0. The van der Waals surface area contributed by atoms with Gasteiger partial charge in [0.05, 0.1) is 0 Å². The van der Waals surface area contributed by atoms with Gasteiger partial charge in [-0.1, -0.05) is 0 Å². The van der Waals surface area contributed by atoms with Gasteiger partial charge >= 0.3 is 138 Å². The molecule has 3 N–H and O–H groups in total. The fourth-order valence-corrected chi connectivity index (χ4v) is 5.68. The molecule has 0 fully saturated rings. The summed E-state index contributed by atoms with van der Waals surface area (Å²) in [6.45, 7) is 7.52. The van der Waals surface area contributed by atoms with Crippen LogP contribution in [0, 0.1) is 5.92 Å². The number of carbonyl (C=O) groups is 3. The second kappa shape index (κ2) is 15.0. The summed E-state index contributed by atoms with van der Waals surface area (Å²) in [4.78, 5) is 56.8. The van der Waals surface area contributed by atoms with E-state index in [1.807, 2.05) is 13.8 Å². The molecule has 0 amide bonds. The molecule has 0 atom stereocenters. The number of phosphoric acid groups is 1. The standard InChI is InChI=1S/C6H7O3.2C4H9O.H3O4P.Zr/c1-4(8)6(3-7)5(2)9;2*1-2-3-4-5;1-5(2,3)4;/h6H,1-2H3;2*2-4H2,1H3;(H3,1,2,3,4);/q;2*-1;;+2. The predicted octanol–water partition coefficient (Wildman–Crippen LogP) is 1.46. The zero-order valence-electron chi connectivity index (χ0n) is 15.1. The van der Waals surface area contributed by atoms with Crippen LogP contribution in [0.25, 0.3) is 0 Å². The van der Waals surface area contributed by atoms with Crippen molar-refractivity contribution in [2.75, 3.05) is 13.2 Å². The van der Waals surface area contributed by atoms with Crippen LogP contribution in [0.1, 0.15) is 53.4 Å². The molecule has 0 aliphatic rings. The number of rotatable bonds is 12. The van der Waals surface area contributed by atoms with Crippen molar-refractivity contribution in [2.45, 2.75) is 53.4 Å². The van der Waals surface area contributed by atoms with Crippen LogP contribution in [0.2, 0.25) is 0 Å². The smallest absolute Gasteiger partial charge is 0.303 e. The molecule has 0 spiro atoms. The fraction of sp³-hybridized carbons (Fsp3) is 0.786. The minimum absolute atomic E-state index is 0.389. The third kappa shape index (κ3) is 17.1. The third-order valence-corrected chi connectivity index (χ3v) is 6.73. The van der Waals surface area contributed by atoms with Crippen molar-refractivity contribution in [3.63, 3.8) is 0 Å². The van der Waals surface area contributed by atoms with E-state index in [1.54, 1.807) is 0 Å². The predicted molar refractivity (Wildman–Crippen MR) is 85.8 cm³/mol. The monoisotopic (exact) mass is 461 g/mol. The molecule has 0 heterocycles. The molecule has 9 nitrogen and oxygen atoms in total. The van der Waals surface area contributed by atoms with Gasteiger partial charge in [-0.3, -0.25) is 0 Å². The van der Waals surface area contributed by atoms with Crippen molar-refractivity contribution in [2.24, 2.45) is 5.92 Å². The van der Waals surface area contributed by atoms with Gasteiger partial charge in [-0.05, 0) is 0 Å². The number of unbranched alkanes of at least 4 members (excludes halogenated alkanes) is 2. The second-order valence-electron chi connectivity index (χ2n) is 5.22. The average Bonchev–Trinajstić information content (AvgIpc) is 2.43. The summed E-state index contributed by atoms with van der Waals surface area (Å²) in [5.41, 5.74) is 0. The van der Waals surface area contributed by atoms with E-state index in [-0.39, 0.29) is 3.49 Å². The summed E-state index contributed by atoms with van der Waals surface area (Å²) in [7, 11) is -4.64. The van der Waals surface area contributed by atoms with Crippen LogP contribution in [-0.2, 0) is 47.2 Å². The minimum Gasteiger partial charge on any atom is -0.303 e. The second-order valence-corrected chi connectivity index (χ2v) is 10.3. The maximum absolute atomic E-state index is 12.3. The van der Waals surface area contributed by atoms with Crippen LogP contribution in [0.4, 0.5) is 0 Å². The Morgan fingerprint density at radius 2 is 1.24 bits per heavy atom. The summed E-state index contributed by atoms with van der Waals surface area (Å²) in [5.74, 6) is -2.02. The van der Waals surface area contributed by atoms with Gasteiger partial charge in [0.1, 0.15) is 0 Å². The first kappa shape index (κ1) is 27.1. The van der Waals surface area contributed by atoms with Gasteiger partial charge in [0, 0.05) is 0 Å². The van der Waals surface area contributed by atoms with Crippen LogP contribution in [0.5, 0.6) is 0 Å². The van der Waals surface area contributed by atoms with Gasteiger partial charge in [-0.2, -0.15) is 0 Å². The Balaban J connectivity index is 0.